The molecule has 0 bridgehead atoms. The Kier molecular flexibility index (Phi) is 7.97. The lowest BCUT2D eigenvalue weighted by Crippen LogP contribution is -2.48. The number of ether oxygens (including phenoxy) is 2. The van der Waals surface area contributed by atoms with Crippen LogP contribution in [0.15, 0.2) is 36.4 Å². The number of benzene rings is 2. The van der Waals surface area contributed by atoms with Crippen molar-refractivity contribution < 1.29 is 22.7 Å². The van der Waals surface area contributed by atoms with Crippen LogP contribution in [-0.4, -0.2) is 46.9 Å². The predicted octanol–water partition coefficient (Wildman–Crippen LogP) is 3.32. The highest BCUT2D eigenvalue weighted by Gasteiger charge is 2.29. The first-order valence-electron chi connectivity index (χ1n) is 9.35. The summed E-state index contributed by atoms with van der Waals surface area (Å²) in [5, 5.41) is 2.97. The Morgan fingerprint density at radius 1 is 1.17 bits per heavy atom. The number of methoxy groups -OCH3 is 1. The van der Waals surface area contributed by atoms with Gasteiger partial charge in [0.25, 0.3) is 0 Å². The largest absolute Gasteiger partial charge is 0.495 e. The first-order valence-corrected chi connectivity index (χ1v) is 11.6. The molecule has 0 saturated carbocycles. The van der Waals surface area contributed by atoms with E-state index in [-0.39, 0.29) is 23.9 Å². The maximum atomic E-state index is 12.6. The third-order valence-electron chi connectivity index (χ3n) is 4.48. The summed E-state index contributed by atoms with van der Waals surface area (Å²) in [6, 6.07) is 9.46. The van der Waals surface area contributed by atoms with E-state index in [1.165, 1.54) is 20.1 Å². The molecule has 1 N–H and O–H groups in total. The van der Waals surface area contributed by atoms with Gasteiger partial charge in [-0.05, 0) is 56.2 Å². The Hall–Kier alpha value is -2.45. The molecule has 0 fully saturated rings. The Bertz CT molecular complexity index is 1010. The van der Waals surface area contributed by atoms with Crippen LogP contribution in [0.5, 0.6) is 11.5 Å². The minimum absolute atomic E-state index is 0.234. The fourth-order valence-electron chi connectivity index (χ4n) is 2.95. The van der Waals surface area contributed by atoms with Crippen LogP contribution in [0.4, 0.5) is 5.69 Å². The molecule has 0 aliphatic carbocycles. The van der Waals surface area contributed by atoms with Crippen LogP contribution >= 0.6 is 11.6 Å². The lowest BCUT2D eigenvalue weighted by Gasteiger charge is -2.28. The maximum Gasteiger partial charge on any atom is 0.243 e. The third kappa shape index (κ3) is 6.03. The van der Waals surface area contributed by atoms with Gasteiger partial charge in [0, 0.05) is 0 Å². The monoisotopic (exact) mass is 454 g/mol. The number of nitrogens with one attached hydrogen (secondary N) is 1. The normalized spacial score (nSPS) is 12.2. The zero-order valence-electron chi connectivity index (χ0n) is 17.7. The van der Waals surface area contributed by atoms with E-state index in [0.29, 0.717) is 5.75 Å². The van der Waals surface area contributed by atoms with Gasteiger partial charge in [0.15, 0.2) is 0 Å². The van der Waals surface area contributed by atoms with Gasteiger partial charge in [0.2, 0.25) is 15.9 Å². The van der Waals surface area contributed by atoms with E-state index in [4.69, 9.17) is 21.1 Å². The standard InChI is InChI=1S/C21H27ClN2O5S/c1-14-6-7-15(2)20(12-14)29-11-10-23-21(25)16(3)24(30(5,26)27)17-8-9-19(28-4)18(22)13-17/h6-9,12-13,16H,10-11H2,1-5H3,(H,23,25). The Labute approximate surface area is 183 Å². The molecule has 0 aliphatic heterocycles. The second kappa shape index (κ2) is 10.0. The SMILES string of the molecule is COc1ccc(N(C(C)C(=O)NCCOc2cc(C)ccc2C)S(C)(=O)=O)cc1Cl. The van der Waals surface area contributed by atoms with Crippen molar-refractivity contribution in [3.63, 3.8) is 0 Å². The molecule has 1 atom stereocenters. The van der Waals surface area contributed by atoms with Gasteiger partial charge in [-0.1, -0.05) is 23.7 Å². The number of aryl methyl sites for hydroxylation is 2. The van der Waals surface area contributed by atoms with Crippen molar-refractivity contribution in [2.24, 2.45) is 0 Å². The smallest absolute Gasteiger partial charge is 0.243 e. The second-order valence-corrected chi connectivity index (χ2v) is 9.23. The van der Waals surface area contributed by atoms with Gasteiger partial charge >= 0.3 is 0 Å². The number of hydrogen-bond acceptors (Lipinski definition) is 5. The molecule has 1 amide bonds. The molecule has 0 heterocycles. The number of halogens is 1. The van der Waals surface area contributed by atoms with E-state index in [1.807, 2.05) is 32.0 Å². The number of hydrogen-bond donors (Lipinski definition) is 1. The van der Waals surface area contributed by atoms with Crippen LogP contribution in [0.25, 0.3) is 0 Å². The van der Waals surface area contributed by atoms with Gasteiger partial charge in [-0.3, -0.25) is 9.10 Å². The predicted molar refractivity (Wildman–Crippen MR) is 119 cm³/mol. The summed E-state index contributed by atoms with van der Waals surface area (Å²) in [7, 11) is -2.28. The van der Waals surface area contributed by atoms with Gasteiger partial charge < -0.3 is 14.8 Å². The van der Waals surface area contributed by atoms with Crippen LogP contribution in [-0.2, 0) is 14.8 Å². The Morgan fingerprint density at radius 2 is 1.87 bits per heavy atom. The quantitative estimate of drug-likeness (QED) is 0.587. The molecule has 0 aliphatic rings. The minimum Gasteiger partial charge on any atom is -0.495 e. The summed E-state index contributed by atoms with van der Waals surface area (Å²) in [6.45, 7) is 5.92. The van der Waals surface area contributed by atoms with E-state index in [9.17, 15) is 13.2 Å². The summed E-state index contributed by atoms with van der Waals surface area (Å²) < 4.78 is 36.6. The van der Waals surface area contributed by atoms with Crippen molar-refractivity contribution in [2.75, 3.05) is 30.8 Å². The fourth-order valence-corrected chi connectivity index (χ4v) is 4.37. The minimum atomic E-state index is -3.74. The van der Waals surface area contributed by atoms with Crippen molar-refractivity contribution >= 4 is 33.2 Å². The zero-order chi connectivity index (χ0) is 22.5. The molecular formula is C21H27ClN2O5S. The summed E-state index contributed by atoms with van der Waals surface area (Å²) in [4.78, 5) is 12.6. The zero-order valence-corrected chi connectivity index (χ0v) is 19.3. The van der Waals surface area contributed by atoms with Crippen molar-refractivity contribution in [3.8, 4) is 11.5 Å². The number of nitrogens with zero attached hydrogens (tertiary/aromatic N) is 1. The van der Waals surface area contributed by atoms with Gasteiger partial charge in [-0.2, -0.15) is 0 Å². The fraction of sp³-hybridized carbons (Fsp3) is 0.381. The third-order valence-corrected chi connectivity index (χ3v) is 6.02. The molecule has 164 valence electrons. The molecule has 7 nitrogen and oxygen atoms in total. The molecule has 2 aromatic carbocycles. The number of carbonyl (C=O) groups excluding carboxylic acids is 1. The summed E-state index contributed by atoms with van der Waals surface area (Å²) >= 11 is 6.13. The molecule has 2 aromatic rings. The summed E-state index contributed by atoms with van der Waals surface area (Å²) in [5.74, 6) is 0.717. The summed E-state index contributed by atoms with van der Waals surface area (Å²) in [6.07, 6.45) is 1.04. The lowest BCUT2D eigenvalue weighted by molar-refractivity contribution is -0.121. The second-order valence-electron chi connectivity index (χ2n) is 6.96. The number of amides is 1. The summed E-state index contributed by atoms with van der Waals surface area (Å²) in [5.41, 5.74) is 2.35. The van der Waals surface area contributed by atoms with Gasteiger partial charge in [-0.25, -0.2) is 8.42 Å². The van der Waals surface area contributed by atoms with Crippen LogP contribution < -0.4 is 19.1 Å². The van der Waals surface area contributed by atoms with Crippen LogP contribution in [0.1, 0.15) is 18.1 Å². The topological polar surface area (TPSA) is 84.9 Å². The molecule has 1 unspecified atom stereocenters. The van der Waals surface area contributed by atoms with E-state index in [1.54, 1.807) is 12.1 Å². The van der Waals surface area contributed by atoms with Crippen LogP contribution in [0.3, 0.4) is 0 Å². The molecule has 30 heavy (non-hydrogen) atoms. The molecule has 0 saturated heterocycles. The maximum absolute atomic E-state index is 12.6. The van der Waals surface area contributed by atoms with Gasteiger partial charge in [-0.15, -0.1) is 0 Å². The van der Waals surface area contributed by atoms with E-state index in [0.717, 1.165) is 27.4 Å². The lowest BCUT2D eigenvalue weighted by atomic mass is 10.1. The molecule has 2 rings (SSSR count). The molecule has 9 heteroatoms. The van der Waals surface area contributed by atoms with E-state index >= 15 is 0 Å². The number of anilines is 1. The van der Waals surface area contributed by atoms with Gasteiger partial charge in [0.1, 0.15) is 24.1 Å². The van der Waals surface area contributed by atoms with E-state index < -0.39 is 22.0 Å². The first kappa shape index (κ1) is 23.8. The number of rotatable bonds is 9. The van der Waals surface area contributed by atoms with E-state index in [2.05, 4.69) is 5.32 Å². The van der Waals surface area contributed by atoms with Crippen molar-refractivity contribution in [2.45, 2.75) is 26.8 Å². The van der Waals surface area contributed by atoms with Crippen LogP contribution in [0.2, 0.25) is 5.02 Å². The van der Waals surface area contributed by atoms with Crippen molar-refractivity contribution in [1.82, 2.24) is 5.32 Å². The number of carbonyl (C=O) groups is 1. The van der Waals surface area contributed by atoms with Crippen molar-refractivity contribution in [1.29, 1.82) is 0 Å². The molecule has 0 spiro atoms. The van der Waals surface area contributed by atoms with Crippen LogP contribution in [0, 0.1) is 13.8 Å². The van der Waals surface area contributed by atoms with Gasteiger partial charge in [0.05, 0.1) is 30.6 Å². The average Bonchev–Trinajstić information content (AvgIpc) is 2.66. The Morgan fingerprint density at radius 3 is 2.47 bits per heavy atom. The highest BCUT2D eigenvalue weighted by molar-refractivity contribution is 7.92. The molecular weight excluding hydrogens is 428 g/mol. The average molecular weight is 455 g/mol. The first-order chi connectivity index (χ1) is 14.0. The highest BCUT2D eigenvalue weighted by Crippen LogP contribution is 2.31. The molecule has 0 radical (unpaired) electrons. The number of sulfonamides is 1. The Balaban J connectivity index is 2.05. The molecule has 0 aromatic heterocycles. The van der Waals surface area contributed by atoms with Crippen molar-refractivity contribution in [3.05, 3.63) is 52.5 Å². The highest BCUT2D eigenvalue weighted by atomic mass is 35.5.